The number of aromatic nitrogens is 5. The first-order chi connectivity index (χ1) is 13.2. The lowest BCUT2D eigenvalue weighted by molar-refractivity contribution is 0.391. The second kappa shape index (κ2) is 7.56. The molecule has 0 bridgehead atoms. The predicted octanol–water partition coefficient (Wildman–Crippen LogP) is 3.82. The molecule has 0 saturated carbocycles. The van der Waals surface area contributed by atoms with Crippen LogP contribution in [0.4, 0.5) is 0 Å². The van der Waals surface area contributed by atoms with E-state index in [4.69, 9.17) is 4.52 Å². The monoisotopic (exact) mass is 383 g/mol. The Morgan fingerprint density at radius 3 is 2.81 bits per heavy atom. The van der Waals surface area contributed by atoms with Gasteiger partial charge in [-0.25, -0.2) is 0 Å². The fraction of sp³-hybridized carbons (Fsp3) is 0.368. The quantitative estimate of drug-likeness (QED) is 0.357. The summed E-state index contributed by atoms with van der Waals surface area (Å²) in [7, 11) is 0. The molecule has 7 nitrogen and oxygen atoms in total. The van der Waals surface area contributed by atoms with Crippen LogP contribution >= 0.6 is 11.8 Å². The fourth-order valence-electron chi connectivity index (χ4n) is 3.17. The van der Waals surface area contributed by atoms with Crippen molar-refractivity contribution in [3.8, 4) is 0 Å². The molecule has 8 heteroatoms. The Labute approximate surface area is 160 Å². The summed E-state index contributed by atoms with van der Waals surface area (Å²) in [5, 5.41) is 14.0. The van der Waals surface area contributed by atoms with Crippen molar-refractivity contribution in [2.24, 2.45) is 0 Å². The maximum atomic E-state index is 13.0. The van der Waals surface area contributed by atoms with Crippen molar-refractivity contribution < 1.29 is 4.52 Å². The third-order valence-corrected chi connectivity index (χ3v) is 5.44. The number of fused-ring (bicyclic) bond motifs is 3. The molecule has 1 aromatic carbocycles. The Morgan fingerprint density at radius 1 is 1.19 bits per heavy atom. The summed E-state index contributed by atoms with van der Waals surface area (Å²) in [6.07, 6.45) is 3.12. The van der Waals surface area contributed by atoms with Gasteiger partial charge in [0.25, 0.3) is 5.56 Å². The molecule has 0 amide bonds. The van der Waals surface area contributed by atoms with Crippen LogP contribution in [0.5, 0.6) is 0 Å². The minimum atomic E-state index is -0.0102. The molecule has 0 aliphatic heterocycles. The van der Waals surface area contributed by atoms with Crippen LogP contribution in [0.3, 0.4) is 0 Å². The van der Waals surface area contributed by atoms with E-state index >= 15 is 0 Å². The third-order valence-electron chi connectivity index (χ3n) is 4.48. The maximum Gasteiger partial charge on any atom is 0.262 e. The highest BCUT2D eigenvalue weighted by Crippen LogP contribution is 2.25. The van der Waals surface area contributed by atoms with Gasteiger partial charge in [-0.15, -0.1) is 10.2 Å². The smallest absolute Gasteiger partial charge is 0.262 e. The van der Waals surface area contributed by atoms with Gasteiger partial charge in [-0.2, -0.15) is 0 Å². The maximum absolute atomic E-state index is 13.0. The Balaban J connectivity index is 1.80. The topological polar surface area (TPSA) is 78.2 Å². The van der Waals surface area contributed by atoms with Crippen LogP contribution < -0.4 is 5.56 Å². The van der Waals surface area contributed by atoms with E-state index in [9.17, 15) is 4.79 Å². The molecule has 0 fully saturated rings. The number of rotatable bonds is 7. The Hall–Kier alpha value is -2.61. The number of hydrogen-bond acceptors (Lipinski definition) is 6. The second-order valence-electron chi connectivity index (χ2n) is 6.52. The molecule has 0 N–H and O–H groups in total. The first-order valence-electron chi connectivity index (χ1n) is 9.10. The average molecular weight is 383 g/mol. The standard InChI is InChI=1S/C19H21N5O2S/c1-3-4-7-10-23-17(25)15-8-5-6-9-16(15)24-18(23)20-21-19(24)27-12-14-11-13(2)22-26-14/h5-6,8-9,11H,3-4,7,10,12H2,1-2H3. The molecule has 0 saturated heterocycles. The summed E-state index contributed by atoms with van der Waals surface area (Å²) in [4.78, 5) is 13.0. The molecule has 3 aromatic heterocycles. The molecular formula is C19H21N5O2S. The average Bonchev–Trinajstić information content (AvgIpc) is 3.29. The molecule has 0 radical (unpaired) electrons. The van der Waals surface area contributed by atoms with Crippen molar-refractivity contribution in [3.63, 3.8) is 0 Å². The van der Waals surface area contributed by atoms with Crippen LogP contribution in [-0.2, 0) is 12.3 Å². The Bertz CT molecular complexity index is 1140. The van der Waals surface area contributed by atoms with E-state index in [1.54, 1.807) is 4.57 Å². The summed E-state index contributed by atoms with van der Waals surface area (Å²) >= 11 is 1.52. The number of thioether (sulfide) groups is 1. The Kier molecular flexibility index (Phi) is 4.98. The normalized spacial score (nSPS) is 11.6. The lowest BCUT2D eigenvalue weighted by atomic mass is 10.2. The van der Waals surface area contributed by atoms with Gasteiger partial charge in [0.05, 0.1) is 22.3 Å². The number of aryl methyl sites for hydroxylation is 2. The van der Waals surface area contributed by atoms with E-state index in [0.717, 1.165) is 41.4 Å². The van der Waals surface area contributed by atoms with E-state index in [0.29, 0.717) is 23.5 Å². The first-order valence-corrected chi connectivity index (χ1v) is 10.1. The molecule has 0 spiro atoms. The van der Waals surface area contributed by atoms with Crippen molar-refractivity contribution >= 4 is 28.4 Å². The van der Waals surface area contributed by atoms with Crippen molar-refractivity contribution in [2.75, 3.05) is 0 Å². The third kappa shape index (κ3) is 3.37. The van der Waals surface area contributed by atoms with Crippen LogP contribution in [0.1, 0.15) is 37.6 Å². The van der Waals surface area contributed by atoms with Gasteiger partial charge in [0, 0.05) is 12.6 Å². The van der Waals surface area contributed by atoms with Crippen molar-refractivity contribution in [2.45, 2.75) is 50.6 Å². The van der Waals surface area contributed by atoms with Gasteiger partial charge in [0.1, 0.15) is 5.76 Å². The van der Waals surface area contributed by atoms with E-state index in [2.05, 4.69) is 22.3 Å². The van der Waals surface area contributed by atoms with Gasteiger partial charge < -0.3 is 4.52 Å². The van der Waals surface area contributed by atoms with E-state index in [-0.39, 0.29) is 5.56 Å². The fourth-order valence-corrected chi connectivity index (χ4v) is 3.98. The minimum absolute atomic E-state index is 0.0102. The van der Waals surface area contributed by atoms with E-state index in [1.165, 1.54) is 11.8 Å². The van der Waals surface area contributed by atoms with Gasteiger partial charge >= 0.3 is 0 Å². The summed E-state index contributed by atoms with van der Waals surface area (Å²) in [5.41, 5.74) is 1.67. The van der Waals surface area contributed by atoms with Gasteiger partial charge in [-0.05, 0) is 25.5 Å². The van der Waals surface area contributed by atoms with Gasteiger partial charge in [-0.1, -0.05) is 48.8 Å². The van der Waals surface area contributed by atoms with Crippen molar-refractivity contribution in [1.82, 2.24) is 24.3 Å². The summed E-state index contributed by atoms with van der Waals surface area (Å²) in [6, 6.07) is 9.53. The first kappa shape index (κ1) is 17.8. The molecule has 0 atom stereocenters. The molecule has 27 heavy (non-hydrogen) atoms. The van der Waals surface area contributed by atoms with Crippen LogP contribution in [0.15, 0.2) is 44.8 Å². The van der Waals surface area contributed by atoms with Crippen LogP contribution in [0.25, 0.3) is 16.7 Å². The van der Waals surface area contributed by atoms with E-state index in [1.807, 2.05) is 41.7 Å². The Morgan fingerprint density at radius 2 is 2.04 bits per heavy atom. The highest BCUT2D eigenvalue weighted by Gasteiger charge is 2.17. The molecule has 140 valence electrons. The molecule has 3 heterocycles. The zero-order chi connectivity index (χ0) is 18.8. The van der Waals surface area contributed by atoms with Gasteiger partial charge in [0.15, 0.2) is 5.16 Å². The van der Waals surface area contributed by atoms with Crippen LogP contribution in [-0.4, -0.2) is 24.3 Å². The molecule has 0 aliphatic rings. The van der Waals surface area contributed by atoms with Crippen LogP contribution in [0.2, 0.25) is 0 Å². The zero-order valence-electron chi connectivity index (χ0n) is 15.4. The summed E-state index contributed by atoms with van der Waals surface area (Å²) in [5.74, 6) is 1.98. The molecular weight excluding hydrogens is 362 g/mol. The summed E-state index contributed by atoms with van der Waals surface area (Å²) < 4.78 is 9.00. The predicted molar refractivity (Wildman–Crippen MR) is 105 cm³/mol. The lowest BCUT2D eigenvalue weighted by Crippen LogP contribution is -2.23. The van der Waals surface area contributed by atoms with Gasteiger partial charge in [0.2, 0.25) is 5.78 Å². The minimum Gasteiger partial charge on any atom is -0.360 e. The molecule has 0 unspecified atom stereocenters. The highest BCUT2D eigenvalue weighted by atomic mass is 32.2. The highest BCUT2D eigenvalue weighted by molar-refractivity contribution is 7.98. The second-order valence-corrected chi connectivity index (χ2v) is 7.46. The molecule has 0 aliphatic carbocycles. The van der Waals surface area contributed by atoms with Crippen molar-refractivity contribution in [1.29, 1.82) is 0 Å². The number of unbranched alkanes of at least 4 members (excludes halogenated alkanes) is 2. The number of nitrogens with zero attached hydrogens (tertiary/aromatic N) is 5. The lowest BCUT2D eigenvalue weighted by Gasteiger charge is -2.10. The SMILES string of the molecule is CCCCCn1c(=O)c2ccccc2n2c(SCc3cc(C)no3)nnc12. The number of para-hydroxylation sites is 1. The number of benzene rings is 1. The summed E-state index contributed by atoms with van der Waals surface area (Å²) in [6.45, 7) is 4.69. The molecule has 4 aromatic rings. The van der Waals surface area contributed by atoms with Crippen LogP contribution in [0, 0.1) is 6.92 Å². The van der Waals surface area contributed by atoms with Crippen molar-refractivity contribution in [3.05, 3.63) is 52.1 Å². The van der Waals surface area contributed by atoms with Gasteiger partial charge in [-0.3, -0.25) is 13.8 Å². The largest absolute Gasteiger partial charge is 0.360 e. The van der Waals surface area contributed by atoms with E-state index < -0.39 is 0 Å². The number of hydrogen-bond donors (Lipinski definition) is 0. The zero-order valence-corrected chi connectivity index (χ0v) is 16.2. The molecule has 4 rings (SSSR count).